The van der Waals surface area contributed by atoms with Gasteiger partial charge >= 0.3 is 15.6 Å². The lowest BCUT2D eigenvalue weighted by Gasteiger charge is -2.30. The van der Waals surface area contributed by atoms with Crippen molar-refractivity contribution in [3.63, 3.8) is 0 Å². The molecule has 0 radical (unpaired) electrons. The van der Waals surface area contributed by atoms with E-state index in [1.54, 1.807) is 4.57 Å². The zero-order valence-corrected chi connectivity index (χ0v) is 24.6. The number of ether oxygens (including phenoxy) is 1. The summed E-state index contributed by atoms with van der Waals surface area (Å²) >= 11 is 0. The van der Waals surface area contributed by atoms with Crippen molar-refractivity contribution in [2.24, 2.45) is 27.4 Å². The van der Waals surface area contributed by atoms with Gasteiger partial charge in [0.25, 0.3) is 0 Å². The topological polar surface area (TPSA) is 311 Å². The third kappa shape index (κ3) is 4.56. The first-order valence-corrected chi connectivity index (χ1v) is 16.6. The van der Waals surface area contributed by atoms with Crippen molar-refractivity contribution in [2.75, 3.05) is 18.9 Å². The molecule has 0 amide bonds. The normalized spacial score (nSPS) is 44.2. The summed E-state index contributed by atoms with van der Waals surface area (Å²) in [4.78, 5) is 34.0. The monoisotopic (exact) mass is 671 g/mol. The van der Waals surface area contributed by atoms with Gasteiger partial charge in [-0.25, -0.2) is 28.8 Å². The second-order valence-electron chi connectivity index (χ2n) is 11.4. The summed E-state index contributed by atoms with van der Waals surface area (Å²) in [5, 5.41) is 34.4. The Hall–Kier alpha value is -2.98. The SMILES string of the molecule is Nc1ncnc2c1ncn2[C@H]1[C@H](O)[C@@H]2OP(=O)(O)OC[C@H]3O[C@@H](n4ncc5c4N=NNC5N)[C@H](OP(=O)(O)OCC24C[C@H]14)[C@@H]3O. The van der Waals surface area contributed by atoms with Crippen LogP contribution in [-0.4, -0.2) is 93.0 Å². The average Bonchev–Trinajstić information content (AvgIpc) is 3.28. The summed E-state index contributed by atoms with van der Waals surface area (Å²) in [6.07, 6.45) is -5.45. The molecule has 24 heteroatoms. The van der Waals surface area contributed by atoms with Crippen molar-refractivity contribution in [2.45, 2.75) is 55.4 Å². The number of anilines is 1. The van der Waals surface area contributed by atoms with E-state index in [1.807, 2.05) is 0 Å². The maximum absolute atomic E-state index is 13.4. The number of aromatic nitrogens is 6. The van der Waals surface area contributed by atoms with Gasteiger partial charge in [0.15, 0.2) is 23.5 Å². The van der Waals surface area contributed by atoms with Gasteiger partial charge in [-0.3, -0.25) is 23.5 Å². The van der Waals surface area contributed by atoms with Crippen molar-refractivity contribution in [1.29, 1.82) is 0 Å². The molecule has 3 aromatic heterocycles. The number of imidazole rings is 1. The first-order valence-electron chi connectivity index (χ1n) is 13.6. The number of fused-ring (bicyclic) bond motifs is 4. The number of aliphatic hydroxyl groups excluding tert-OH is 2. The highest BCUT2D eigenvalue weighted by molar-refractivity contribution is 7.47. The highest BCUT2D eigenvalue weighted by atomic mass is 31.2. The van der Waals surface area contributed by atoms with Crippen LogP contribution in [-0.2, 0) is 32.0 Å². The Morgan fingerprint density at radius 1 is 1.09 bits per heavy atom. The molecule has 3 aromatic rings. The summed E-state index contributed by atoms with van der Waals surface area (Å²) < 4.78 is 56.9. The van der Waals surface area contributed by atoms with Gasteiger partial charge in [0.05, 0.1) is 37.3 Å². The molecule has 9 N–H and O–H groups in total. The van der Waals surface area contributed by atoms with Gasteiger partial charge in [0, 0.05) is 5.41 Å². The van der Waals surface area contributed by atoms with E-state index >= 15 is 0 Å². The molecular formula is C21H27N11O11P2. The number of nitrogens with zero attached hydrogens (tertiary/aromatic N) is 8. The van der Waals surface area contributed by atoms with Crippen LogP contribution in [0, 0.1) is 11.3 Å². The smallest absolute Gasteiger partial charge is 0.388 e. The fraction of sp³-hybridized carbons (Fsp3) is 0.619. The van der Waals surface area contributed by atoms with Crippen LogP contribution in [0.5, 0.6) is 0 Å². The first-order chi connectivity index (χ1) is 21.4. The van der Waals surface area contributed by atoms with Crippen LogP contribution in [0.1, 0.15) is 30.4 Å². The van der Waals surface area contributed by atoms with Gasteiger partial charge in [-0.15, -0.1) is 5.11 Å². The number of hydrogen-bond acceptors (Lipinski definition) is 18. The number of nitrogens with one attached hydrogen (secondary N) is 1. The Morgan fingerprint density at radius 3 is 2.71 bits per heavy atom. The molecule has 242 valence electrons. The summed E-state index contributed by atoms with van der Waals surface area (Å²) in [6, 6.07) is -0.809. The standard InChI is InChI=1S/C21H27N11O11P2/c22-16-7-2-27-32(18(7)29-30-28-16)20-14-12(33)9(41-20)3-39-44(35,36)43-15-13(34)11(8-1-21(8,15)4-40-45(37,38)42-14)31-6-26-10-17(23)24-5-25-19(10)31/h2,5-6,8-9,11-16,20,33-34H,1,3-4,22H2,(H,28,29)(H,35,36)(H,37,38)(H2,23,24,25)/t8-,9-,11-,12-,13+,14-,15+,16?,20-,21?/m1/s1. The van der Waals surface area contributed by atoms with Crippen LogP contribution >= 0.6 is 15.6 Å². The van der Waals surface area contributed by atoms with E-state index in [9.17, 15) is 29.1 Å². The van der Waals surface area contributed by atoms with Crippen LogP contribution in [0.2, 0.25) is 0 Å². The van der Waals surface area contributed by atoms with Gasteiger partial charge in [-0.1, -0.05) is 5.22 Å². The minimum Gasteiger partial charge on any atom is -0.388 e. The quantitative estimate of drug-likeness (QED) is 0.162. The summed E-state index contributed by atoms with van der Waals surface area (Å²) in [5.41, 5.74) is 14.2. The highest BCUT2D eigenvalue weighted by Crippen LogP contribution is 2.72. The molecule has 45 heavy (non-hydrogen) atoms. The van der Waals surface area contributed by atoms with E-state index < -0.39 is 89.1 Å². The fourth-order valence-electron chi connectivity index (χ4n) is 6.74. The zero-order chi connectivity index (χ0) is 31.5. The molecular weight excluding hydrogens is 644 g/mol. The Bertz CT molecular complexity index is 1810. The van der Waals surface area contributed by atoms with Gasteiger partial charge < -0.3 is 40.8 Å². The van der Waals surface area contributed by atoms with Crippen LogP contribution in [0.25, 0.3) is 11.2 Å². The van der Waals surface area contributed by atoms with Crippen molar-refractivity contribution < 1.29 is 52.0 Å². The Balaban J connectivity index is 1.13. The minimum atomic E-state index is -5.00. The molecule has 2 aliphatic carbocycles. The summed E-state index contributed by atoms with van der Waals surface area (Å²) in [5.74, 6) is -0.263. The van der Waals surface area contributed by atoms with Crippen molar-refractivity contribution in [3.8, 4) is 0 Å². The van der Waals surface area contributed by atoms with E-state index in [0.29, 0.717) is 11.2 Å². The van der Waals surface area contributed by atoms with Crippen molar-refractivity contribution in [1.82, 2.24) is 34.7 Å². The molecule has 12 atom stereocenters. The van der Waals surface area contributed by atoms with Crippen LogP contribution in [0.3, 0.4) is 0 Å². The third-order valence-corrected chi connectivity index (χ3v) is 10.9. The van der Waals surface area contributed by atoms with E-state index in [4.69, 9.17) is 34.3 Å². The number of phosphoric acid groups is 2. The number of rotatable bonds is 2. The van der Waals surface area contributed by atoms with E-state index in [2.05, 4.69) is 35.8 Å². The van der Waals surface area contributed by atoms with Crippen LogP contribution < -0.4 is 16.9 Å². The third-order valence-electron chi connectivity index (χ3n) is 8.95. The minimum absolute atomic E-state index is 0.112. The fourth-order valence-corrected chi connectivity index (χ4v) is 8.76. The second kappa shape index (κ2) is 10.0. The lowest BCUT2D eigenvalue weighted by atomic mass is 10.0. The summed E-state index contributed by atoms with van der Waals surface area (Å²) in [6.45, 7) is -1.27. The van der Waals surface area contributed by atoms with Crippen molar-refractivity contribution >= 4 is 38.4 Å². The highest BCUT2D eigenvalue weighted by Gasteiger charge is 2.74. The molecule has 2 saturated carbocycles. The van der Waals surface area contributed by atoms with Gasteiger partial charge in [-0.2, -0.15) is 5.10 Å². The number of phosphoric ester groups is 2. The number of nitrogen functional groups attached to an aromatic ring is 1. The Kier molecular flexibility index (Phi) is 6.54. The summed E-state index contributed by atoms with van der Waals surface area (Å²) in [7, 11) is -9.96. The lowest BCUT2D eigenvalue weighted by Crippen LogP contribution is -2.38. The van der Waals surface area contributed by atoms with Crippen molar-refractivity contribution in [3.05, 3.63) is 24.4 Å². The Labute approximate surface area is 251 Å². The molecule has 2 bridgehead atoms. The van der Waals surface area contributed by atoms with E-state index in [1.165, 1.54) is 18.9 Å². The maximum Gasteiger partial charge on any atom is 0.472 e. The zero-order valence-electron chi connectivity index (χ0n) is 22.8. The molecule has 6 heterocycles. The molecule has 8 rings (SSSR count). The molecule has 4 fully saturated rings. The number of aliphatic hydroxyl groups is 2. The van der Waals surface area contributed by atoms with Gasteiger partial charge in [0.2, 0.25) is 0 Å². The molecule has 4 unspecified atom stereocenters. The first kappa shape index (κ1) is 29.4. The molecule has 22 nitrogen and oxygen atoms in total. The Morgan fingerprint density at radius 2 is 1.89 bits per heavy atom. The van der Waals surface area contributed by atoms with E-state index in [0.717, 1.165) is 4.68 Å². The molecule has 0 aromatic carbocycles. The second-order valence-corrected chi connectivity index (χ2v) is 14.3. The predicted molar refractivity (Wildman–Crippen MR) is 143 cm³/mol. The average molecular weight is 671 g/mol. The molecule has 2 saturated heterocycles. The van der Waals surface area contributed by atoms with E-state index in [-0.39, 0.29) is 23.6 Å². The largest absolute Gasteiger partial charge is 0.472 e. The lowest BCUT2D eigenvalue weighted by molar-refractivity contribution is -0.0710. The van der Waals surface area contributed by atoms with Crippen LogP contribution in [0.15, 0.2) is 29.2 Å². The molecule has 3 aliphatic heterocycles. The van der Waals surface area contributed by atoms with Crippen LogP contribution in [0.4, 0.5) is 11.6 Å². The molecule has 5 aliphatic rings. The van der Waals surface area contributed by atoms with Gasteiger partial charge in [-0.05, 0) is 12.3 Å². The van der Waals surface area contributed by atoms with Gasteiger partial charge in [0.1, 0.15) is 48.5 Å². The predicted octanol–water partition coefficient (Wildman–Crippen LogP) is -0.937. The number of hydrogen-bond donors (Lipinski definition) is 7. The maximum atomic E-state index is 13.4. The number of nitrogens with two attached hydrogens (primary N) is 2. The molecule has 1 spiro atoms.